The second kappa shape index (κ2) is 19.5. The molecule has 0 fully saturated rings. The van der Waals surface area contributed by atoms with Crippen molar-refractivity contribution in [2.75, 3.05) is 41.9 Å². The van der Waals surface area contributed by atoms with Crippen LogP contribution in [0, 0.1) is 5.92 Å². The molecular weight excluding hydrogens is 713 g/mol. The molecule has 0 aliphatic rings. The van der Waals surface area contributed by atoms with Crippen LogP contribution in [0.5, 0.6) is 0 Å². The molecular formula is C46H50N8O3. The number of benzene rings is 4. The van der Waals surface area contributed by atoms with Crippen LogP contribution in [0.3, 0.4) is 0 Å². The van der Waals surface area contributed by atoms with Crippen molar-refractivity contribution in [2.24, 2.45) is 5.92 Å². The summed E-state index contributed by atoms with van der Waals surface area (Å²) in [4.78, 5) is 36.2. The maximum atomic E-state index is 13.5. The molecule has 1 unspecified atom stereocenters. The molecule has 1 atom stereocenters. The Morgan fingerprint density at radius 2 is 1.21 bits per heavy atom. The Kier molecular flexibility index (Phi) is 13.7. The predicted octanol–water partition coefficient (Wildman–Crippen LogP) is 8.51. The highest BCUT2D eigenvalue weighted by molar-refractivity contribution is 6.06. The monoisotopic (exact) mass is 762 g/mol. The zero-order valence-corrected chi connectivity index (χ0v) is 32.8. The van der Waals surface area contributed by atoms with Gasteiger partial charge in [0.25, 0.3) is 11.8 Å². The largest absolute Gasteiger partial charge is 0.396 e. The first kappa shape index (κ1) is 40.3. The molecule has 0 aliphatic carbocycles. The van der Waals surface area contributed by atoms with Crippen LogP contribution in [0.2, 0.25) is 0 Å². The number of methoxy groups -OCH3 is 1. The summed E-state index contributed by atoms with van der Waals surface area (Å²) in [5.74, 6) is 0.671. The van der Waals surface area contributed by atoms with Gasteiger partial charge in [-0.1, -0.05) is 80.6 Å². The van der Waals surface area contributed by atoms with Gasteiger partial charge in [0, 0.05) is 54.2 Å². The Bertz CT molecular complexity index is 2240. The molecule has 0 saturated heterocycles. The number of hydrogen-bond acceptors (Lipinski definition) is 9. The van der Waals surface area contributed by atoms with E-state index in [2.05, 4.69) is 52.3 Å². The summed E-state index contributed by atoms with van der Waals surface area (Å²) >= 11 is 0. The van der Waals surface area contributed by atoms with E-state index in [0.717, 1.165) is 46.7 Å². The zero-order valence-electron chi connectivity index (χ0n) is 32.8. The number of aromatic nitrogens is 2. The van der Waals surface area contributed by atoms with E-state index < -0.39 is 0 Å². The third kappa shape index (κ3) is 11.3. The topological polar surface area (TPSA) is 155 Å². The number of rotatable bonds is 17. The zero-order chi connectivity index (χ0) is 40.1. The minimum atomic E-state index is -0.306. The third-order valence-electron chi connectivity index (χ3n) is 9.20. The van der Waals surface area contributed by atoms with E-state index in [0.29, 0.717) is 53.1 Å². The summed E-state index contributed by atoms with van der Waals surface area (Å²) in [5.41, 5.74) is 14.3. The van der Waals surface area contributed by atoms with E-state index in [-0.39, 0.29) is 23.7 Å². The third-order valence-corrected chi connectivity index (χ3v) is 9.20. The first-order chi connectivity index (χ1) is 27.6. The lowest BCUT2D eigenvalue weighted by Crippen LogP contribution is -2.29. The molecule has 11 nitrogen and oxygen atoms in total. The van der Waals surface area contributed by atoms with Crippen LogP contribution in [-0.2, 0) is 17.8 Å². The van der Waals surface area contributed by atoms with Gasteiger partial charge in [-0.2, -0.15) is 0 Å². The molecule has 0 spiro atoms. The van der Waals surface area contributed by atoms with Crippen molar-refractivity contribution < 1.29 is 14.3 Å². The van der Waals surface area contributed by atoms with E-state index in [1.54, 1.807) is 25.3 Å². The first-order valence-corrected chi connectivity index (χ1v) is 19.1. The maximum absolute atomic E-state index is 13.5. The first-order valence-electron chi connectivity index (χ1n) is 19.1. The molecule has 2 aromatic heterocycles. The molecule has 57 heavy (non-hydrogen) atoms. The fraction of sp³-hybridized carbons (Fsp3) is 0.217. The minimum Gasteiger partial charge on any atom is -0.396 e. The molecule has 292 valence electrons. The van der Waals surface area contributed by atoms with Crippen molar-refractivity contribution in [3.05, 3.63) is 150 Å². The number of carbonyl (C=O) groups excluding carboxylic acids is 2. The molecule has 2 heterocycles. The average Bonchev–Trinajstić information content (AvgIpc) is 3.22. The molecule has 0 radical (unpaired) electrons. The van der Waals surface area contributed by atoms with Crippen LogP contribution in [0.1, 0.15) is 52.6 Å². The lowest BCUT2D eigenvalue weighted by molar-refractivity contribution is 0.101. The van der Waals surface area contributed by atoms with Gasteiger partial charge in [0.15, 0.2) is 11.6 Å². The Morgan fingerprint density at radius 1 is 0.649 bits per heavy atom. The normalized spacial score (nSPS) is 11.6. The molecule has 7 N–H and O–H groups in total. The van der Waals surface area contributed by atoms with E-state index >= 15 is 0 Å². The molecule has 0 saturated carbocycles. The highest BCUT2D eigenvalue weighted by Gasteiger charge is 2.15. The molecule has 0 bridgehead atoms. The van der Waals surface area contributed by atoms with E-state index in [9.17, 15) is 9.59 Å². The van der Waals surface area contributed by atoms with Gasteiger partial charge in [0.1, 0.15) is 0 Å². The van der Waals surface area contributed by atoms with Crippen LogP contribution in [0.4, 0.5) is 28.7 Å². The fourth-order valence-electron chi connectivity index (χ4n) is 6.05. The standard InChI is InChI=1S/C46H50N8O3/c1-30(2)26-48-27-32-10-14-37(15-11-32)46(56)54-44-42(25-24-41(52-44)34-8-6-5-7-9-34)50-38-20-18-35(19-21-38)40-23-22-39(47)43(51-40)53-45(55)36-16-12-33(13-17-36)28-49-31(3)29-57-4/h5-25,30-31,48-50H,26-29,47H2,1-4H3,(H,51,53,55)(H,52,54,56). The number of ether oxygens (including phenoxy) is 1. The van der Waals surface area contributed by atoms with E-state index in [1.165, 1.54) is 0 Å². The van der Waals surface area contributed by atoms with Crippen LogP contribution in [-0.4, -0.2) is 48.1 Å². The summed E-state index contributed by atoms with van der Waals surface area (Å²) in [6.45, 7) is 9.35. The van der Waals surface area contributed by atoms with Crippen LogP contribution >= 0.6 is 0 Å². The fourth-order valence-corrected chi connectivity index (χ4v) is 6.05. The number of nitrogen functional groups attached to an aromatic ring is 1. The van der Waals surface area contributed by atoms with Gasteiger partial charge in [-0.15, -0.1) is 0 Å². The maximum Gasteiger partial charge on any atom is 0.256 e. The van der Waals surface area contributed by atoms with Gasteiger partial charge in [-0.3, -0.25) is 9.59 Å². The molecule has 2 amide bonds. The number of nitrogens with two attached hydrogens (primary N) is 1. The van der Waals surface area contributed by atoms with E-state index in [1.807, 2.05) is 109 Å². The van der Waals surface area contributed by atoms with Crippen molar-refractivity contribution in [2.45, 2.75) is 39.9 Å². The molecule has 6 rings (SSSR count). The lowest BCUT2D eigenvalue weighted by Gasteiger charge is -2.15. The molecule has 0 aliphatic heterocycles. The Hall–Kier alpha value is -6.40. The number of nitrogens with one attached hydrogen (secondary N) is 5. The molecule has 6 aromatic rings. The van der Waals surface area contributed by atoms with Gasteiger partial charge < -0.3 is 37.1 Å². The van der Waals surface area contributed by atoms with Crippen LogP contribution in [0.25, 0.3) is 22.5 Å². The van der Waals surface area contributed by atoms with Crippen LogP contribution < -0.4 is 32.3 Å². The van der Waals surface area contributed by atoms with Gasteiger partial charge in [0.2, 0.25) is 0 Å². The summed E-state index contributed by atoms with van der Waals surface area (Å²) in [7, 11) is 1.68. The predicted molar refractivity (Wildman–Crippen MR) is 231 cm³/mol. The highest BCUT2D eigenvalue weighted by Crippen LogP contribution is 2.30. The van der Waals surface area contributed by atoms with Gasteiger partial charge in [-0.05, 0) is 91.2 Å². The lowest BCUT2D eigenvalue weighted by atomic mass is 10.1. The number of hydrogen-bond donors (Lipinski definition) is 6. The number of pyridine rings is 2. The number of amides is 2. The molecule has 4 aromatic carbocycles. The Balaban J connectivity index is 1.14. The number of nitrogens with zero attached hydrogens (tertiary/aromatic N) is 2. The van der Waals surface area contributed by atoms with Crippen LogP contribution in [0.15, 0.2) is 127 Å². The van der Waals surface area contributed by atoms with Crippen molar-refractivity contribution in [3.8, 4) is 22.5 Å². The second-order valence-electron chi connectivity index (χ2n) is 14.4. The summed E-state index contributed by atoms with van der Waals surface area (Å²) in [5, 5.41) is 16.1. The highest BCUT2D eigenvalue weighted by atomic mass is 16.5. The second-order valence-corrected chi connectivity index (χ2v) is 14.4. The smallest absolute Gasteiger partial charge is 0.256 e. The number of anilines is 5. The average molecular weight is 763 g/mol. The Morgan fingerprint density at radius 3 is 1.82 bits per heavy atom. The quantitative estimate of drug-likeness (QED) is 0.0537. The Labute approximate surface area is 334 Å². The molecule has 11 heteroatoms. The summed E-state index contributed by atoms with van der Waals surface area (Å²) in [6.07, 6.45) is 0. The SMILES string of the molecule is COCC(C)NCc1ccc(C(=O)Nc2nc(-c3ccc(Nc4ccc(-c5ccccc5)nc4NC(=O)c4ccc(CNCC(C)C)cc4)cc3)ccc2N)cc1. The summed E-state index contributed by atoms with van der Waals surface area (Å²) < 4.78 is 5.18. The van der Waals surface area contributed by atoms with E-state index in [4.69, 9.17) is 15.5 Å². The van der Waals surface area contributed by atoms with Crippen molar-refractivity contribution in [1.82, 2.24) is 20.6 Å². The minimum absolute atomic E-state index is 0.214. The van der Waals surface area contributed by atoms with Crippen molar-refractivity contribution >= 4 is 40.5 Å². The van der Waals surface area contributed by atoms with Gasteiger partial charge in [-0.25, -0.2) is 9.97 Å². The van der Waals surface area contributed by atoms with Crippen molar-refractivity contribution in [1.29, 1.82) is 0 Å². The number of carbonyl (C=O) groups is 2. The summed E-state index contributed by atoms with van der Waals surface area (Å²) in [6, 6.07) is 40.1. The van der Waals surface area contributed by atoms with Gasteiger partial charge in [0.05, 0.1) is 29.4 Å². The van der Waals surface area contributed by atoms with Gasteiger partial charge >= 0.3 is 0 Å². The van der Waals surface area contributed by atoms with Crippen molar-refractivity contribution in [3.63, 3.8) is 0 Å².